The maximum atomic E-state index is 11.7. The van der Waals surface area contributed by atoms with Crippen LogP contribution in [0.4, 0.5) is 0 Å². The fourth-order valence-corrected chi connectivity index (χ4v) is 3.81. The Balaban J connectivity index is 2.21. The van der Waals surface area contributed by atoms with Crippen LogP contribution in [0.25, 0.3) is 17.2 Å². The van der Waals surface area contributed by atoms with E-state index in [1.165, 1.54) is 22.3 Å². The van der Waals surface area contributed by atoms with E-state index < -0.39 is 5.97 Å². The van der Waals surface area contributed by atoms with Crippen LogP contribution in [0.1, 0.15) is 48.4 Å². The predicted octanol–water partition coefficient (Wildman–Crippen LogP) is 4.86. The van der Waals surface area contributed by atoms with Crippen LogP contribution >= 0.6 is 0 Å². The molecule has 0 fully saturated rings. The minimum absolute atomic E-state index is 0.112. The Kier molecular flexibility index (Phi) is 5.47. The van der Waals surface area contributed by atoms with Crippen molar-refractivity contribution in [2.24, 2.45) is 4.99 Å². The molecule has 0 spiro atoms. The van der Waals surface area contributed by atoms with E-state index in [2.05, 4.69) is 57.0 Å². The summed E-state index contributed by atoms with van der Waals surface area (Å²) in [6.45, 7) is 9.07. The number of aliphatic imine (C=N–C) groups is 1. The Bertz CT molecular complexity index is 908. The van der Waals surface area contributed by atoms with Gasteiger partial charge in [-0.2, -0.15) is 0 Å². The Morgan fingerprint density at radius 3 is 2.63 bits per heavy atom. The molecular formula is C23H27NO3. The van der Waals surface area contributed by atoms with Crippen LogP contribution in [0.2, 0.25) is 0 Å². The lowest BCUT2D eigenvalue weighted by molar-refractivity contribution is -0.129. The lowest BCUT2D eigenvalue weighted by Crippen LogP contribution is -2.30. The fourth-order valence-electron chi connectivity index (χ4n) is 3.81. The lowest BCUT2D eigenvalue weighted by Gasteiger charge is -2.22. The molecule has 1 aliphatic heterocycles. The molecule has 0 aromatic rings. The van der Waals surface area contributed by atoms with Gasteiger partial charge in [0.2, 0.25) is 0 Å². The summed E-state index contributed by atoms with van der Waals surface area (Å²) in [7, 11) is 1.62. The number of hydrogen-bond acceptors (Lipinski definition) is 3. The monoisotopic (exact) mass is 365 g/mol. The number of nitrogens with zero attached hydrogens (tertiary/aromatic N) is 1. The average Bonchev–Trinajstić information content (AvgIpc) is 2.81. The van der Waals surface area contributed by atoms with Crippen molar-refractivity contribution < 1.29 is 14.6 Å². The van der Waals surface area contributed by atoms with Crippen molar-refractivity contribution in [2.75, 3.05) is 13.7 Å². The molecule has 0 radical (unpaired) electrons. The average molecular weight is 365 g/mol. The molecule has 0 bridgehead atoms. The minimum atomic E-state index is -1.00. The van der Waals surface area contributed by atoms with Gasteiger partial charge in [0.1, 0.15) is 5.71 Å². The van der Waals surface area contributed by atoms with E-state index in [0.717, 1.165) is 11.1 Å². The topological polar surface area (TPSA) is 58.9 Å². The molecule has 142 valence electrons. The van der Waals surface area contributed by atoms with E-state index >= 15 is 0 Å². The maximum absolute atomic E-state index is 11.7. The van der Waals surface area contributed by atoms with E-state index in [1.807, 2.05) is 6.08 Å². The van der Waals surface area contributed by atoms with E-state index in [4.69, 9.17) is 4.74 Å². The minimum Gasteiger partial charge on any atom is -0.477 e. The molecule has 3 aliphatic rings. The quantitative estimate of drug-likeness (QED) is 0.842. The molecule has 4 heteroatoms. The molecule has 0 aromatic carbocycles. The van der Waals surface area contributed by atoms with Gasteiger partial charge in [0.25, 0.3) is 0 Å². The number of fused-ring (bicyclic) bond motifs is 1. The number of aryl methyl sites for hydroxylation is 2. The second kappa shape index (κ2) is 7.65. The van der Waals surface area contributed by atoms with Gasteiger partial charge in [-0.3, -0.25) is 4.99 Å². The zero-order valence-corrected chi connectivity index (χ0v) is 16.7. The number of hydrogen-bond donors (Lipinski definition) is 1. The van der Waals surface area contributed by atoms with Crippen LogP contribution in [0.15, 0.2) is 34.8 Å². The van der Waals surface area contributed by atoms with E-state index in [0.29, 0.717) is 24.5 Å². The fraction of sp³-hybridized carbons (Fsp3) is 0.391. The zero-order chi connectivity index (χ0) is 19.7. The van der Waals surface area contributed by atoms with Crippen molar-refractivity contribution in [1.82, 2.24) is 0 Å². The van der Waals surface area contributed by atoms with Crippen LogP contribution in [0.3, 0.4) is 0 Å². The van der Waals surface area contributed by atoms with Crippen LogP contribution < -0.4 is 0 Å². The van der Waals surface area contributed by atoms with Gasteiger partial charge in [-0.1, -0.05) is 38.1 Å². The van der Waals surface area contributed by atoms with E-state index in [-0.39, 0.29) is 11.8 Å². The highest BCUT2D eigenvalue weighted by Crippen LogP contribution is 2.38. The van der Waals surface area contributed by atoms with Crippen molar-refractivity contribution in [3.8, 4) is 11.1 Å². The second-order valence-electron chi connectivity index (χ2n) is 7.53. The van der Waals surface area contributed by atoms with Gasteiger partial charge in [0.15, 0.2) is 0 Å². The molecule has 0 aromatic heterocycles. The number of carboxylic acids is 1. The molecule has 4 nitrogen and oxygen atoms in total. The summed E-state index contributed by atoms with van der Waals surface area (Å²) in [6.07, 6.45) is 2.40. The first kappa shape index (κ1) is 19.3. The summed E-state index contributed by atoms with van der Waals surface area (Å²) in [4.78, 5) is 15.9. The second-order valence-corrected chi connectivity index (χ2v) is 7.53. The third kappa shape index (κ3) is 3.67. The molecule has 1 N–H and O–H groups in total. The summed E-state index contributed by atoms with van der Waals surface area (Å²) in [5.41, 5.74) is 7.83. The molecule has 1 heterocycles. The molecule has 1 atom stereocenters. The normalized spacial score (nSPS) is 19.0. The Hall–Kier alpha value is -2.46. The summed E-state index contributed by atoms with van der Waals surface area (Å²) in [5.74, 6) is -0.557. The summed E-state index contributed by atoms with van der Waals surface area (Å²) in [6, 6.07) is 8.72. The maximum Gasteiger partial charge on any atom is 0.354 e. The van der Waals surface area contributed by atoms with Gasteiger partial charge in [-0.15, -0.1) is 0 Å². The SMILES string of the molecule is CO[C@H]1CCN=C(C(=O)O)/C1=C/c1cc(C)c2cc(C(C)C)ccc(C)c1-2. The van der Waals surface area contributed by atoms with Gasteiger partial charge in [0, 0.05) is 19.2 Å². The van der Waals surface area contributed by atoms with Gasteiger partial charge in [-0.25, -0.2) is 4.79 Å². The van der Waals surface area contributed by atoms with E-state index in [9.17, 15) is 9.90 Å². The summed E-state index contributed by atoms with van der Waals surface area (Å²) < 4.78 is 5.56. The molecule has 0 saturated carbocycles. The number of methoxy groups -OCH3 is 1. The van der Waals surface area contributed by atoms with Crippen molar-refractivity contribution in [3.63, 3.8) is 0 Å². The first-order valence-corrected chi connectivity index (χ1v) is 9.39. The highest BCUT2D eigenvalue weighted by atomic mass is 16.5. The predicted molar refractivity (Wildman–Crippen MR) is 110 cm³/mol. The van der Waals surface area contributed by atoms with Crippen LogP contribution in [0, 0.1) is 13.8 Å². The van der Waals surface area contributed by atoms with E-state index in [1.54, 1.807) is 7.11 Å². The number of aliphatic carboxylic acids is 1. The van der Waals surface area contributed by atoms with Crippen LogP contribution in [-0.4, -0.2) is 36.5 Å². The molecule has 0 saturated heterocycles. The Morgan fingerprint density at radius 1 is 1.26 bits per heavy atom. The molecular weight excluding hydrogens is 338 g/mol. The van der Waals surface area contributed by atoms with Crippen molar-refractivity contribution in [3.05, 3.63) is 52.1 Å². The van der Waals surface area contributed by atoms with Gasteiger partial charge in [0.05, 0.1) is 6.10 Å². The summed E-state index contributed by atoms with van der Waals surface area (Å²) in [5, 5.41) is 9.58. The molecule has 0 unspecified atom stereocenters. The third-order valence-electron chi connectivity index (χ3n) is 5.33. The largest absolute Gasteiger partial charge is 0.477 e. The molecule has 0 amide bonds. The van der Waals surface area contributed by atoms with Gasteiger partial charge < -0.3 is 9.84 Å². The number of carboxylic acid groups (broad SMARTS) is 1. The van der Waals surface area contributed by atoms with Crippen LogP contribution in [-0.2, 0) is 9.53 Å². The number of rotatable bonds is 4. The summed E-state index contributed by atoms with van der Waals surface area (Å²) >= 11 is 0. The number of carbonyl (C=O) groups is 1. The van der Waals surface area contributed by atoms with Crippen molar-refractivity contribution in [2.45, 2.75) is 46.1 Å². The number of ether oxygens (including phenoxy) is 1. The molecule has 27 heavy (non-hydrogen) atoms. The van der Waals surface area contributed by atoms with Gasteiger partial charge >= 0.3 is 5.97 Å². The third-order valence-corrected chi connectivity index (χ3v) is 5.33. The van der Waals surface area contributed by atoms with Crippen molar-refractivity contribution >= 4 is 17.8 Å². The standard InChI is InChI=1S/C23H27NO3/c1-13(2)16-7-6-14(3)21-17(10-15(4)18(21)11-16)12-19-20(27-5)8-9-24-22(19)23(25)26/h6-7,10-13,20H,8-9H2,1-5H3,(H,25,26)/b19-12+/t20-/m0/s1. The first-order valence-electron chi connectivity index (χ1n) is 9.39. The van der Waals surface area contributed by atoms with Crippen molar-refractivity contribution in [1.29, 1.82) is 0 Å². The Morgan fingerprint density at radius 2 is 2.00 bits per heavy atom. The Labute approximate surface area is 160 Å². The highest BCUT2D eigenvalue weighted by molar-refractivity contribution is 6.44. The van der Waals surface area contributed by atoms with Gasteiger partial charge in [-0.05, 0) is 65.6 Å². The zero-order valence-electron chi connectivity index (χ0n) is 16.7. The van der Waals surface area contributed by atoms with Crippen LogP contribution in [0.5, 0.6) is 0 Å². The smallest absolute Gasteiger partial charge is 0.354 e. The highest BCUT2D eigenvalue weighted by Gasteiger charge is 2.28. The molecule has 2 aliphatic carbocycles. The lowest BCUT2D eigenvalue weighted by atomic mass is 9.94. The molecule has 3 rings (SSSR count). The first-order chi connectivity index (χ1) is 12.8.